The monoisotopic (exact) mass is 401 g/mol. The fraction of sp³-hybridized carbons (Fsp3) is 0.190. The maximum absolute atomic E-state index is 12.6. The van der Waals surface area contributed by atoms with E-state index in [2.05, 4.69) is 10.4 Å². The standard InChI is InChI=1S/C21H18F3N3O2/c1-13-3-8-17(14(2)11-13)18-9-10-20(29)27(26-18)12-19(28)25-16-6-4-15(5-7-16)21(22,23)24/h3-11H,12H2,1-2H3,(H,25,28). The third-order valence-electron chi connectivity index (χ3n) is 4.31. The molecule has 3 rings (SSSR count). The van der Waals surface area contributed by atoms with Crippen LogP contribution in [0.25, 0.3) is 11.3 Å². The van der Waals surface area contributed by atoms with E-state index < -0.39 is 23.2 Å². The predicted octanol–water partition coefficient (Wildman–Crippen LogP) is 4.18. The number of aromatic nitrogens is 2. The van der Waals surface area contributed by atoms with Gasteiger partial charge in [0.2, 0.25) is 5.91 Å². The van der Waals surface area contributed by atoms with E-state index in [1.54, 1.807) is 6.07 Å². The second-order valence-electron chi connectivity index (χ2n) is 6.66. The number of alkyl halides is 3. The zero-order valence-corrected chi connectivity index (χ0v) is 15.7. The van der Waals surface area contributed by atoms with Gasteiger partial charge in [0.15, 0.2) is 0 Å². The lowest BCUT2D eigenvalue weighted by Crippen LogP contribution is -2.29. The number of anilines is 1. The van der Waals surface area contributed by atoms with Crippen molar-refractivity contribution in [2.24, 2.45) is 0 Å². The largest absolute Gasteiger partial charge is 0.416 e. The summed E-state index contributed by atoms with van der Waals surface area (Å²) in [6.45, 7) is 3.53. The summed E-state index contributed by atoms with van der Waals surface area (Å²) < 4.78 is 38.8. The highest BCUT2D eigenvalue weighted by atomic mass is 19.4. The third-order valence-corrected chi connectivity index (χ3v) is 4.31. The summed E-state index contributed by atoms with van der Waals surface area (Å²) in [5.74, 6) is -0.572. The molecule has 2 aromatic carbocycles. The van der Waals surface area contributed by atoms with Crippen LogP contribution in [0.2, 0.25) is 0 Å². The van der Waals surface area contributed by atoms with Gasteiger partial charge >= 0.3 is 6.18 Å². The molecule has 0 unspecified atom stereocenters. The molecule has 1 aromatic heterocycles. The highest BCUT2D eigenvalue weighted by Crippen LogP contribution is 2.29. The first-order valence-corrected chi connectivity index (χ1v) is 8.76. The molecule has 1 N–H and O–H groups in total. The van der Waals surface area contributed by atoms with E-state index in [0.29, 0.717) is 5.69 Å². The van der Waals surface area contributed by atoms with Crippen LogP contribution in [0.15, 0.2) is 59.4 Å². The molecule has 29 heavy (non-hydrogen) atoms. The second kappa shape index (κ2) is 7.90. The number of carbonyl (C=O) groups excluding carboxylic acids is 1. The van der Waals surface area contributed by atoms with Gasteiger partial charge < -0.3 is 5.32 Å². The molecule has 0 spiro atoms. The molecule has 1 heterocycles. The Kier molecular flexibility index (Phi) is 5.54. The van der Waals surface area contributed by atoms with E-state index in [-0.39, 0.29) is 12.2 Å². The van der Waals surface area contributed by atoms with Gasteiger partial charge in [-0.3, -0.25) is 9.59 Å². The Labute approximate surface area is 164 Å². The van der Waals surface area contributed by atoms with Crippen LogP contribution in [-0.2, 0) is 17.5 Å². The quantitative estimate of drug-likeness (QED) is 0.713. The van der Waals surface area contributed by atoms with Crippen LogP contribution in [0.3, 0.4) is 0 Å². The van der Waals surface area contributed by atoms with E-state index in [9.17, 15) is 22.8 Å². The summed E-state index contributed by atoms with van der Waals surface area (Å²) in [6.07, 6.45) is -4.45. The van der Waals surface area contributed by atoms with Gasteiger partial charge in [-0.1, -0.05) is 23.8 Å². The first-order valence-electron chi connectivity index (χ1n) is 8.76. The molecule has 0 aliphatic rings. The molecule has 0 atom stereocenters. The van der Waals surface area contributed by atoms with Crippen molar-refractivity contribution < 1.29 is 18.0 Å². The van der Waals surface area contributed by atoms with Crippen molar-refractivity contribution >= 4 is 11.6 Å². The van der Waals surface area contributed by atoms with Crippen LogP contribution in [-0.4, -0.2) is 15.7 Å². The maximum atomic E-state index is 12.6. The van der Waals surface area contributed by atoms with Crippen molar-refractivity contribution in [2.45, 2.75) is 26.6 Å². The molecule has 1 amide bonds. The summed E-state index contributed by atoms with van der Waals surface area (Å²) in [5.41, 5.74) is 2.39. The minimum Gasteiger partial charge on any atom is -0.324 e. The number of rotatable bonds is 4. The number of carbonyl (C=O) groups is 1. The highest BCUT2D eigenvalue weighted by Gasteiger charge is 2.30. The smallest absolute Gasteiger partial charge is 0.324 e. The Morgan fingerprint density at radius 2 is 1.72 bits per heavy atom. The molecule has 0 aliphatic carbocycles. The van der Waals surface area contributed by atoms with E-state index in [0.717, 1.165) is 45.6 Å². The summed E-state index contributed by atoms with van der Waals surface area (Å²) in [5, 5.41) is 6.72. The van der Waals surface area contributed by atoms with Crippen molar-refractivity contribution in [3.63, 3.8) is 0 Å². The average Bonchev–Trinajstić information content (AvgIpc) is 2.63. The molecule has 5 nitrogen and oxygen atoms in total. The molecule has 3 aromatic rings. The van der Waals surface area contributed by atoms with Crippen LogP contribution >= 0.6 is 0 Å². The van der Waals surface area contributed by atoms with Gasteiger partial charge in [0, 0.05) is 17.3 Å². The van der Waals surface area contributed by atoms with Crippen molar-refractivity contribution in [2.75, 3.05) is 5.32 Å². The van der Waals surface area contributed by atoms with Crippen LogP contribution in [0.5, 0.6) is 0 Å². The Balaban J connectivity index is 1.77. The molecule has 150 valence electrons. The molecule has 0 fully saturated rings. The van der Waals surface area contributed by atoms with Crippen LogP contribution in [0, 0.1) is 13.8 Å². The number of halogens is 3. The molecule has 0 aliphatic heterocycles. The molecule has 0 bridgehead atoms. The van der Waals surface area contributed by atoms with Crippen LogP contribution in [0.1, 0.15) is 16.7 Å². The van der Waals surface area contributed by atoms with Crippen LogP contribution in [0.4, 0.5) is 18.9 Å². The lowest BCUT2D eigenvalue weighted by molar-refractivity contribution is -0.137. The number of nitrogens with zero attached hydrogens (tertiary/aromatic N) is 2. The van der Waals surface area contributed by atoms with E-state index in [1.165, 1.54) is 6.07 Å². The number of hydrogen-bond donors (Lipinski definition) is 1. The number of amides is 1. The number of aryl methyl sites for hydroxylation is 2. The van der Waals surface area contributed by atoms with Crippen molar-refractivity contribution in [1.29, 1.82) is 0 Å². The van der Waals surface area contributed by atoms with E-state index >= 15 is 0 Å². The summed E-state index contributed by atoms with van der Waals surface area (Å²) >= 11 is 0. The zero-order chi connectivity index (χ0) is 21.2. The normalized spacial score (nSPS) is 11.3. The molecular weight excluding hydrogens is 383 g/mol. The molecule has 0 saturated heterocycles. The molecule has 8 heteroatoms. The molecular formula is C21H18F3N3O2. The maximum Gasteiger partial charge on any atom is 0.416 e. The van der Waals surface area contributed by atoms with Crippen LogP contribution < -0.4 is 10.9 Å². The second-order valence-corrected chi connectivity index (χ2v) is 6.66. The van der Waals surface area contributed by atoms with Crippen molar-refractivity contribution in [3.8, 4) is 11.3 Å². The Morgan fingerprint density at radius 3 is 2.34 bits per heavy atom. The SMILES string of the molecule is Cc1ccc(-c2ccc(=O)n(CC(=O)Nc3ccc(C(F)(F)F)cc3)n2)c(C)c1. The highest BCUT2D eigenvalue weighted by molar-refractivity contribution is 5.90. The Bertz CT molecular complexity index is 1100. The summed E-state index contributed by atoms with van der Waals surface area (Å²) in [7, 11) is 0. The lowest BCUT2D eigenvalue weighted by Gasteiger charge is -2.11. The Hall–Kier alpha value is -3.42. The fourth-order valence-electron chi connectivity index (χ4n) is 2.89. The van der Waals surface area contributed by atoms with E-state index in [4.69, 9.17) is 0 Å². The van der Waals surface area contributed by atoms with Gasteiger partial charge in [0.1, 0.15) is 6.54 Å². The van der Waals surface area contributed by atoms with Crippen molar-refractivity contribution in [1.82, 2.24) is 9.78 Å². The average molecular weight is 401 g/mol. The van der Waals surface area contributed by atoms with Crippen molar-refractivity contribution in [3.05, 3.63) is 81.6 Å². The predicted molar refractivity (Wildman–Crippen MR) is 103 cm³/mol. The Morgan fingerprint density at radius 1 is 1.03 bits per heavy atom. The first-order chi connectivity index (χ1) is 13.6. The minimum absolute atomic E-state index is 0.196. The summed E-state index contributed by atoms with van der Waals surface area (Å²) in [6, 6.07) is 12.8. The topological polar surface area (TPSA) is 64.0 Å². The number of hydrogen-bond acceptors (Lipinski definition) is 3. The lowest BCUT2D eigenvalue weighted by atomic mass is 10.0. The fourth-order valence-corrected chi connectivity index (χ4v) is 2.89. The van der Waals surface area contributed by atoms with Gasteiger partial charge in [-0.05, 0) is 49.7 Å². The van der Waals surface area contributed by atoms with E-state index in [1.807, 2.05) is 32.0 Å². The van der Waals surface area contributed by atoms with Gasteiger partial charge in [0.25, 0.3) is 5.56 Å². The zero-order valence-electron chi connectivity index (χ0n) is 15.7. The van der Waals surface area contributed by atoms with Gasteiger partial charge in [-0.2, -0.15) is 18.3 Å². The first kappa shape index (κ1) is 20.3. The number of benzene rings is 2. The minimum atomic E-state index is -4.45. The molecule has 0 radical (unpaired) electrons. The van der Waals surface area contributed by atoms with Gasteiger partial charge in [0.05, 0.1) is 11.3 Å². The summed E-state index contributed by atoms with van der Waals surface area (Å²) in [4.78, 5) is 24.3. The van der Waals surface area contributed by atoms with Gasteiger partial charge in [-0.25, -0.2) is 4.68 Å². The number of nitrogens with one attached hydrogen (secondary N) is 1. The third kappa shape index (κ3) is 4.90. The molecule has 0 saturated carbocycles. The van der Waals surface area contributed by atoms with Gasteiger partial charge in [-0.15, -0.1) is 0 Å².